The van der Waals surface area contributed by atoms with Crippen molar-refractivity contribution in [2.45, 2.75) is 168 Å². The van der Waals surface area contributed by atoms with Gasteiger partial charge >= 0.3 is 13.8 Å². The SMILES string of the molecule is CCC=CCC=CCC=CCC=CCCCCC(=O)OCC(COP(=O)(O)OCCN)OC=CCCCCCCCCCCCCCCCC. The Kier molecular flexibility index (Phi) is 36.8. The van der Waals surface area contributed by atoms with Crippen LogP contribution in [0.15, 0.2) is 60.9 Å². The van der Waals surface area contributed by atoms with Crippen molar-refractivity contribution in [2.24, 2.45) is 5.73 Å². The van der Waals surface area contributed by atoms with Crippen LogP contribution in [0.3, 0.4) is 0 Å². The molecule has 0 aliphatic carbocycles. The maximum Gasteiger partial charge on any atom is 0.472 e. The second-order valence-electron chi connectivity index (χ2n) is 12.8. The first-order chi connectivity index (χ1) is 24.4. The zero-order chi connectivity index (χ0) is 36.6. The molecule has 50 heavy (non-hydrogen) atoms. The van der Waals surface area contributed by atoms with E-state index in [1.54, 1.807) is 6.26 Å². The minimum Gasteiger partial charge on any atom is -0.492 e. The van der Waals surface area contributed by atoms with Gasteiger partial charge in [-0.3, -0.25) is 13.8 Å². The number of unbranched alkanes of at least 4 members (excludes halogenated alkanes) is 16. The Balaban J connectivity index is 4.20. The molecule has 8 nitrogen and oxygen atoms in total. The van der Waals surface area contributed by atoms with Gasteiger partial charge in [0.05, 0.1) is 19.5 Å². The lowest BCUT2D eigenvalue weighted by Crippen LogP contribution is -2.25. The number of hydrogen-bond donors (Lipinski definition) is 2. The van der Waals surface area contributed by atoms with Gasteiger partial charge in [0.2, 0.25) is 0 Å². The molecule has 2 unspecified atom stereocenters. The van der Waals surface area contributed by atoms with Crippen LogP contribution >= 0.6 is 7.82 Å². The highest BCUT2D eigenvalue weighted by atomic mass is 31.2. The van der Waals surface area contributed by atoms with Gasteiger partial charge in [-0.1, -0.05) is 146 Å². The molecule has 0 bridgehead atoms. The van der Waals surface area contributed by atoms with Crippen LogP contribution in [0.2, 0.25) is 0 Å². The van der Waals surface area contributed by atoms with Crippen molar-refractivity contribution in [1.29, 1.82) is 0 Å². The third kappa shape index (κ3) is 37.3. The second-order valence-corrected chi connectivity index (χ2v) is 14.3. The van der Waals surface area contributed by atoms with Gasteiger partial charge in [0.15, 0.2) is 6.10 Å². The third-order valence-corrected chi connectivity index (χ3v) is 9.02. The summed E-state index contributed by atoms with van der Waals surface area (Å²) in [5.74, 6) is -0.332. The maximum atomic E-state index is 12.3. The van der Waals surface area contributed by atoms with Crippen molar-refractivity contribution in [3.05, 3.63) is 60.9 Å². The van der Waals surface area contributed by atoms with E-state index in [0.717, 1.165) is 57.8 Å². The molecule has 0 aromatic carbocycles. The molecule has 9 heteroatoms. The first-order valence-electron chi connectivity index (χ1n) is 19.8. The van der Waals surface area contributed by atoms with Crippen molar-refractivity contribution in [3.8, 4) is 0 Å². The fourth-order valence-electron chi connectivity index (χ4n) is 5.09. The molecule has 0 saturated heterocycles. The first kappa shape index (κ1) is 48.0. The lowest BCUT2D eigenvalue weighted by molar-refractivity contribution is -0.147. The van der Waals surface area contributed by atoms with Crippen molar-refractivity contribution >= 4 is 13.8 Å². The smallest absolute Gasteiger partial charge is 0.472 e. The molecule has 0 amide bonds. The van der Waals surface area contributed by atoms with E-state index < -0.39 is 13.9 Å². The monoisotopic (exact) mass is 724 g/mol. The average molecular weight is 724 g/mol. The van der Waals surface area contributed by atoms with E-state index in [0.29, 0.717) is 6.42 Å². The van der Waals surface area contributed by atoms with E-state index in [9.17, 15) is 14.3 Å². The Morgan fingerprint density at radius 2 is 1.14 bits per heavy atom. The van der Waals surface area contributed by atoms with Crippen LogP contribution in [0.1, 0.15) is 162 Å². The van der Waals surface area contributed by atoms with Crippen molar-refractivity contribution < 1.29 is 32.8 Å². The van der Waals surface area contributed by atoms with Gasteiger partial charge in [0, 0.05) is 13.0 Å². The minimum atomic E-state index is -4.27. The molecule has 0 saturated carbocycles. The largest absolute Gasteiger partial charge is 0.492 e. The molecule has 0 aromatic rings. The van der Waals surface area contributed by atoms with E-state index in [1.807, 2.05) is 6.08 Å². The standard InChI is InChI=1S/C41H74NO7P/c1-3-5-7-9-11-13-15-17-19-21-23-25-27-29-31-33-36-46-40(39-49-50(44,45)48-37-35-42)38-47-41(43)34-32-30-28-26-24-22-20-18-16-14-12-10-8-6-4-2/h6,8,12,14,18,20,24,26,33,36,40H,3-5,7,9-11,13,15-17,19,21-23,25,27-32,34-35,37-39,42H2,1-2H3,(H,44,45). The van der Waals surface area contributed by atoms with Crippen molar-refractivity contribution in [2.75, 3.05) is 26.4 Å². The van der Waals surface area contributed by atoms with Gasteiger partial charge in [-0.25, -0.2) is 4.57 Å². The molecule has 0 rings (SSSR count). The summed E-state index contributed by atoms with van der Waals surface area (Å²) in [4.78, 5) is 22.2. The molecule has 0 spiro atoms. The molecule has 0 radical (unpaired) electrons. The summed E-state index contributed by atoms with van der Waals surface area (Å²) in [7, 11) is -4.27. The first-order valence-corrected chi connectivity index (χ1v) is 21.3. The van der Waals surface area contributed by atoms with Crippen LogP contribution in [0.4, 0.5) is 0 Å². The number of hydrogen-bond acceptors (Lipinski definition) is 7. The van der Waals surface area contributed by atoms with Gasteiger partial charge in [-0.05, 0) is 63.9 Å². The summed E-state index contributed by atoms with van der Waals surface area (Å²) in [6.45, 7) is 4.04. The number of allylic oxidation sites excluding steroid dienone is 9. The average Bonchev–Trinajstić information content (AvgIpc) is 3.11. The number of nitrogens with two attached hydrogens (primary N) is 1. The number of phosphoric acid groups is 1. The Morgan fingerprint density at radius 3 is 1.70 bits per heavy atom. The lowest BCUT2D eigenvalue weighted by atomic mass is 10.0. The lowest BCUT2D eigenvalue weighted by Gasteiger charge is -2.19. The Morgan fingerprint density at radius 1 is 0.640 bits per heavy atom. The van der Waals surface area contributed by atoms with Crippen LogP contribution in [-0.2, 0) is 27.9 Å². The van der Waals surface area contributed by atoms with E-state index >= 15 is 0 Å². The molecule has 0 fully saturated rings. The van der Waals surface area contributed by atoms with Crippen LogP contribution in [-0.4, -0.2) is 43.3 Å². The molecular formula is C41H74NO7P. The van der Waals surface area contributed by atoms with Gasteiger partial charge in [0.25, 0.3) is 0 Å². The van der Waals surface area contributed by atoms with E-state index in [1.165, 1.54) is 83.5 Å². The van der Waals surface area contributed by atoms with Crippen LogP contribution < -0.4 is 5.73 Å². The van der Waals surface area contributed by atoms with E-state index in [-0.39, 0.29) is 32.3 Å². The highest BCUT2D eigenvalue weighted by Gasteiger charge is 2.24. The highest BCUT2D eigenvalue weighted by Crippen LogP contribution is 2.43. The van der Waals surface area contributed by atoms with Gasteiger partial charge < -0.3 is 20.1 Å². The topological polar surface area (TPSA) is 117 Å². The fourth-order valence-corrected chi connectivity index (χ4v) is 5.85. The number of esters is 1. The summed E-state index contributed by atoms with van der Waals surface area (Å²) in [5, 5.41) is 0. The molecular weight excluding hydrogens is 649 g/mol. The Labute approximate surface area is 306 Å². The predicted molar refractivity (Wildman–Crippen MR) is 210 cm³/mol. The van der Waals surface area contributed by atoms with Gasteiger partial charge in [-0.15, -0.1) is 0 Å². The highest BCUT2D eigenvalue weighted by molar-refractivity contribution is 7.47. The molecule has 290 valence electrons. The Hall–Kier alpha value is -1.96. The summed E-state index contributed by atoms with van der Waals surface area (Å²) in [5.41, 5.74) is 5.35. The van der Waals surface area contributed by atoms with Crippen molar-refractivity contribution in [1.82, 2.24) is 0 Å². The molecule has 0 heterocycles. The molecule has 3 N–H and O–H groups in total. The summed E-state index contributed by atoms with van der Waals surface area (Å²) in [6, 6.07) is 0. The zero-order valence-electron chi connectivity index (χ0n) is 31.9. The summed E-state index contributed by atoms with van der Waals surface area (Å²) >= 11 is 0. The van der Waals surface area contributed by atoms with Crippen LogP contribution in [0.5, 0.6) is 0 Å². The predicted octanol–water partition coefficient (Wildman–Crippen LogP) is 11.8. The van der Waals surface area contributed by atoms with E-state index in [2.05, 4.69) is 62.5 Å². The van der Waals surface area contributed by atoms with Gasteiger partial charge in [0.1, 0.15) is 6.61 Å². The number of carbonyl (C=O) groups excluding carboxylic acids is 1. The number of carbonyl (C=O) groups is 1. The summed E-state index contributed by atoms with van der Waals surface area (Å²) < 4.78 is 33.1. The fraction of sp³-hybridized carbons (Fsp3) is 0.732. The summed E-state index contributed by atoms with van der Waals surface area (Å²) in [6.07, 6.45) is 46.2. The molecule has 0 aromatic heterocycles. The minimum absolute atomic E-state index is 0.0875. The third-order valence-electron chi connectivity index (χ3n) is 8.04. The molecule has 2 atom stereocenters. The number of ether oxygens (including phenoxy) is 2. The van der Waals surface area contributed by atoms with E-state index in [4.69, 9.17) is 24.3 Å². The molecule has 0 aliphatic heterocycles. The van der Waals surface area contributed by atoms with Gasteiger partial charge in [-0.2, -0.15) is 0 Å². The Bertz CT molecular complexity index is 947. The normalized spacial score (nSPS) is 14.2. The quantitative estimate of drug-likeness (QED) is 0.0214. The van der Waals surface area contributed by atoms with Crippen LogP contribution in [0.25, 0.3) is 0 Å². The molecule has 0 aliphatic rings. The maximum absolute atomic E-state index is 12.3. The number of rotatable bonds is 37. The second kappa shape index (κ2) is 38.3. The zero-order valence-corrected chi connectivity index (χ0v) is 32.8. The van der Waals surface area contributed by atoms with Crippen molar-refractivity contribution in [3.63, 3.8) is 0 Å². The number of phosphoric ester groups is 1. The van der Waals surface area contributed by atoms with Crippen LogP contribution in [0, 0.1) is 0 Å².